The molecule has 0 saturated carbocycles. The molecule has 6 aromatic rings. The summed E-state index contributed by atoms with van der Waals surface area (Å²) in [6, 6.07) is 19.5. The highest BCUT2D eigenvalue weighted by Gasteiger charge is 2.35. The van der Waals surface area contributed by atoms with Gasteiger partial charge in [-0.25, -0.2) is 18.7 Å². The largest absolute Gasteiger partial charge is 0.481 e. The summed E-state index contributed by atoms with van der Waals surface area (Å²) in [5.41, 5.74) is -0.728. The molecule has 1 amide bonds. The second-order valence-corrected chi connectivity index (χ2v) is 12.3. The Bertz CT molecular complexity index is 2190. The maximum atomic E-state index is 13.8. The molecule has 0 aliphatic rings. The number of aliphatic carboxylic acids is 1. The first kappa shape index (κ1) is 35.3. The van der Waals surface area contributed by atoms with Crippen LogP contribution in [0.3, 0.4) is 0 Å². The lowest BCUT2D eigenvalue weighted by molar-refractivity contribution is -0.142. The number of benzene rings is 2. The van der Waals surface area contributed by atoms with Gasteiger partial charge in [0.1, 0.15) is 51.1 Å². The van der Waals surface area contributed by atoms with Crippen molar-refractivity contribution in [3.63, 3.8) is 0 Å². The first-order valence-electron chi connectivity index (χ1n) is 15.7. The molecule has 50 heavy (non-hydrogen) atoms. The molecule has 0 bridgehead atoms. The molecule has 0 aliphatic carbocycles. The van der Waals surface area contributed by atoms with Crippen LogP contribution >= 0.6 is 0 Å². The summed E-state index contributed by atoms with van der Waals surface area (Å²) >= 11 is 0. The number of hydrogen-bond donors (Lipinski definition) is 2. The minimum atomic E-state index is -1.22. The summed E-state index contributed by atoms with van der Waals surface area (Å²) in [6.45, 7) is 9.09. The van der Waals surface area contributed by atoms with Crippen LogP contribution in [0.15, 0.2) is 97.6 Å². The Kier molecular flexibility index (Phi) is 10.3. The number of amides is 1. The van der Waals surface area contributed by atoms with Crippen molar-refractivity contribution in [1.29, 1.82) is 0 Å². The number of likely N-dealkylation sites (N-methyl/N-ethyl adjacent to an activating group) is 1. The summed E-state index contributed by atoms with van der Waals surface area (Å²) in [5, 5.41) is 13.5. The highest BCUT2D eigenvalue weighted by atomic mass is 19.1. The number of para-hydroxylation sites is 2. The van der Waals surface area contributed by atoms with E-state index in [2.05, 4.69) is 25.3 Å². The number of carboxylic acids is 1. The lowest BCUT2D eigenvalue weighted by atomic mass is 9.87. The number of rotatable bonds is 9. The van der Waals surface area contributed by atoms with E-state index < -0.39 is 22.6 Å². The van der Waals surface area contributed by atoms with E-state index in [1.807, 2.05) is 6.92 Å². The molecule has 0 unspecified atom stereocenters. The van der Waals surface area contributed by atoms with Crippen molar-refractivity contribution in [1.82, 2.24) is 25.3 Å². The predicted molar refractivity (Wildman–Crippen MR) is 184 cm³/mol. The van der Waals surface area contributed by atoms with Gasteiger partial charge in [0, 0.05) is 29.7 Å². The van der Waals surface area contributed by atoms with E-state index in [1.165, 1.54) is 30.7 Å². The maximum Gasteiger partial charge on any atom is 0.315 e. The molecule has 12 heteroatoms. The van der Waals surface area contributed by atoms with Gasteiger partial charge in [0.15, 0.2) is 0 Å². The molecule has 4 aromatic heterocycles. The van der Waals surface area contributed by atoms with Gasteiger partial charge in [-0.1, -0.05) is 24.3 Å². The molecule has 0 aliphatic heterocycles. The fourth-order valence-electron chi connectivity index (χ4n) is 5.05. The number of hydrogen-bond acceptors (Lipinski definition) is 8. The summed E-state index contributed by atoms with van der Waals surface area (Å²) in [5.74, 6) is -0.329. The number of aromatic nitrogens is 4. The molecule has 4 heterocycles. The lowest BCUT2D eigenvalue weighted by Crippen LogP contribution is -2.40. The van der Waals surface area contributed by atoms with Crippen molar-refractivity contribution >= 4 is 33.7 Å². The zero-order chi connectivity index (χ0) is 36.1. The van der Waals surface area contributed by atoms with Crippen LogP contribution in [0.4, 0.5) is 8.78 Å². The summed E-state index contributed by atoms with van der Waals surface area (Å²) in [7, 11) is 0. The fraction of sp³-hybridized carbons (Fsp3) is 0.211. The van der Waals surface area contributed by atoms with Gasteiger partial charge in [0.05, 0.1) is 29.2 Å². The quantitative estimate of drug-likeness (QED) is 0.156. The number of halogens is 2. The van der Waals surface area contributed by atoms with Gasteiger partial charge < -0.3 is 19.9 Å². The van der Waals surface area contributed by atoms with Crippen LogP contribution in [0.25, 0.3) is 21.8 Å². The smallest absolute Gasteiger partial charge is 0.315 e. The zero-order valence-corrected chi connectivity index (χ0v) is 28.1. The van der Waals surface area contributed by atoms with Crippen molar-refractivity contribution in [2.24, 2.45) is 0 Å². The number of nitrogens with zero attached hydrogens (tertiary/aromatic N) is 4. The van der Waals surface area contributed by atoms with Crippen LogP contribution in [0.1, 0.15) is 46.0 Å². The van der Waals surface area contributed by atoms with E-state index in [1.54, 1.807) is 94.6 Å². The third-order valence-corrected chi connectivity index (χ3v) is 7.89. The van der Waals surface area contributed by atoms with E-state index in [0.29, 0.717) is 51.7 Å². The Morgan fingerprint density at radius 2 is 1.16 bits per heavy atom. The Morgan fingerprint density at radius 1 is 0.700 bits per heavy atom. The van der Waals surface area contributed by atoms with Crippen molar-refractivity contribution in [2.45, 2.75) is 45.4 Å². The Morgan fingerprint density at radius 3 is 1.60 bits per heavy atom. The summed E-state index contributed by atoms with van der Waals surface area (Å²) in [4.78, 5) is 40.6. The molecule has 0 radical (unpaired) electrons. The van der Waals surface area contributed by atoms with E-state index in [-0.39, 0.29) is 22.8 Å². The van der Waals surface area contributed by atoms with Gasteiger partial charge in [-0.3, -0.25) is 19.6 Å². The molecular formula is C38H35F2N5O5. The normalized spacial score (nSPS) is 11.4. The van der Waals surface area contributed by atoms with Crippen molar-refractivity contribution < 1.29 is 33.0 Å². The minimum absolute atomic E-state index is 0.137. The molecule has 256 valence electrons. The monoisotopic (exact) mass is 679 g/mol. The van der Waals surface area contributed by atoms with Crippen LogP contribution in [-0.2, 0) is 20.4 Å². The number of ether oxygens (including phenoxy) is 2. The molecule has 2 N–H and O–H groups in total. The molecule has 2 aromatic carbocycles. The van der Waals surface area contributed by atoms with Crippen molar-refractivity contribution in [2.75, 3.05) is 6.54 Å². The number of carboxylic acid groups (broad SMARTS) is 1. The third-order valence-electron chi connectivity index (χ3n) is 7.89. The number of carbonyl (C=O) groups is 2. The number of pyridine rings is 4. The number of nitrogens with one attached hydrogen (secondary N) is 1. The van der Waals surface area contributed by atoms with Crippen LogP contribution < -0.4 is 14.8 Å². The molecule has 10 nitrogen and oxygen atoms in total. The summed E-state index contributed by atoms with van der Waals surface area (Å²) < 4.78 is 39.2. The predicted octanol–water partition coefficient (Wildman–Crippen LogP) is 7.90. The minimum Gasteiger partial charge on any atom is -0.481 e. The van der Waals surface area contributed by atoms with Crippen molar-refractivity contribution in [3.05, 3.63) is 121 Å². The van der Waals surface area contributed by atoms with Crippen LogP contribution in [0.5, 0.6) is 23.0 Å². The maximum absolute atomic E-state index is 13.8. The second-order valence-electron chi connectivity index (χ2n) is 12.3. The Hall–Kier alpha value is -6.04. The molecule has 0 atom stereocenters. The first-order chi connectivity index (χ1) is 23.8. The van der Waals surface area contributed by atoms with E-state index in [0.717, 1.165) is 0 Å². The molecule has 0 spiro atoms. The van der Waals surface area contributed by atoms with Crippen LogP contribution in [0, 0.1) is 11.6 Å². The third kappa shape index (κ3) is 7.49. The van der Waals surface area contributed by atoms with Gasteiger partial charge in [0.25, 0.3) is 0 Å². The molecular weight excluding hydrogens is 644 g/mol. The number of carbonyl (C=O) groups excluding carboxylic acids is 1. The average Bonchev–Trinajstić information content (AvgIpc) is 3.09. The highest BCUT2D eigenvalue weighted by molar-refractivity contribution is 5.87. The Balaban J connectivity index is 0.000000195. The van der Waals surface area contributed by atoms with E-state index in [9.17, 15) is 23.5 Å². The fourth-order valence-corrected chi connectivity index (χ4v) is 5.05. The molecule has 6 rings (SSSR count). The van der Waals surface area contributed by atoms with Gasteiger partial charge in [-0.05, 0) is 83.1 Å². The molecule has 0 saturated heterocycles. The van der Waals surface area contributed by atoms with E-state index in [4.69, 9.17) is 9.47 Å². The highest BCUT2D eigenvalue weighted by Crippen LogP contribution is 2.35. The van der Waals surface area contributed by atoms with E-state index >= 15 is 0 Å². The van der Waals surface area contributed by atoms with Gasteiger partial charge >= 0.3 is 5.97 Å². The zero-order valence-electron chi connectivity index (χ0n) is 28.1. The van der Waals surface area contributed by atoms with Gasteiger partial charge in [-0.2, -0.15) is 0 Å². The average molecular weight is 680 g/mol. The Labute approximate surface area is 287 Å². The number of fused-ring (bicyclic) bond motifs is 2. The van der Waals surface area contributed by atoms with Gasteiger partial charge in [-0.15, -0.1) is 0 Å². The van der Waals surface area contributed by atoms with Crippen LogP contribution in [-0.4, -0.2) is 43.5 Å². The first-order valence-corrected chi connectivity index (χ1v) is 15.7. The van der Waals surface area contributed by atoms with Crippen LogP contribution in [0.2, 0.25) is 0 Å². The standard InChI is InChI=1S/C20H20FN3O2.C18H15FN2O3/c1-4-22-19(25)20(2,3)18-16(9-6-10-23-18)26-14-11-13-7-5-8-15(21)17(13)24-12-14;1-18(2,17(22)23)16-14(7-4-8-20-16)24-12-9-11-5-3-6-13(19)15(11)21-10-12/h5-12H,4H2,1-3H3,(H,22,25);3-10H,1-2H3,(H,22,23). The SMILES string of the molecule is CC(C)(C(=O)O)c1ncccc1Oc1cnc2c(F)cccc2c1.CCNC(=O)C(C)(C)c1ncccc1Oc1cnc2c(F)cccc2c1. The molecule has 0 fully saturated rings. The van der Waals surface area contributed by atoms with Crippen molar-refractivity contribution in [3.8, 4) is 23.0 Å². The summed E-state index contributed by atoms with van der Waals surface area (Å²) in [6.07, 6.45) is 6.00. The second kappa shape index (κ2) is 14.6. The lowest BCUT2D eigenvalue weighted by Gasteiger charge is -2.24. The van der Waals surface area contributed by atoms with Gasteiger partial charge in [0.2, 0.25) is 5.91 Å². The topological polar surface area (TPSA) is 136 Å².